The van der Waals surface area contributed by atoms with Gasteiger partial charge in [-0.25, -0.2) is 0 Å². The van der Waals surface area contributed by atoms with Crippen molar-refractivity contribution in [1.29, 1.82) is 0 Å². The minimum Gasteiger partial charge on any atom is -0.466 e. The Kier molecular flexibility index (Phi) is 56.5. The third-order valence-electron chi connectivity index (χ3n) is 14.2. The third-order valence-corrected chi connectivity index (χ3v) is 14.2. The molecule has 0 aliphatic rings. The zero-order valence-corrected chi connectivity index (χ0v) is 45.9. The van der Waals surface area contributed by atoms with Gasteiger partial charge in [0.05, 0.1) is 25.4 Å². The van der Waals surface area contributed by atoms with E-state index in [1.54, 1.807) is 6.08 Å². The summed E-state index contributed by atoms with van der Waals surface area (Å²) in [7, 11) is 0. The van der Waals surface area contributed by atoms with Crippen LogP contribution in [0.15, 0.2) is 24.3 Å². The van der Waals surface area contributed by atoms with Gasteiger partial charge in [-0.15, -0.1) is 0 Å². The highest BCUT2D eigenvalue weighted by Gasteiger charge is 2.18. The first-order valence-electron chi connectivity index (χ1n) is 30.6. The molecule has 0 saturated heterocycles. The van der Waals surface area contributed by atoms with Crippen LogP contribution < -0.4 is 5.32 Å². The van der Waals surface area contributed by atoms with Crippen molar-refractivity contribution in [2.24, 2.45) is 0 Å². The van der Waals surface area contributed by atoms with Crippen molar-refractivity contribution in [2.45, 2.75) is 347 Å². The number of rotatable bonds is 57. The SMILES string of the molecule is CCCCCCCCCCCCCCCCCCCCCCC/C=C/C(O)C(CO)NC(=O)CCCCCCCCC/C=C\CCCCCCOC(=O)CCCCCCCCCCCCCCC. The van der Waals surface area contributed by atoms with Crippen molar-refractivity contribution in [1.82, 2.24) is 5.32 Å². The second-order valence-corrected chi connectivity index (χ2v) is 21.0. The molecule has 6 heteroatoms. The molecule has 0 heterocycles. The van der Waals surface area contributed by atoms with Gasteiger partial charge >= 0.3 is 5.97 Å². The summed E-state index contributed by atoms with van der Waals surface area (Å²) in [5.74, 6) is -0.0890. The molecule has 0 aliphatic heterocycles. The maximum Gasteiger partial charge on any atom is 0.305 e. The van der Waals surface area contributed by atoms with E-state index < -0.39 is 12.1 Å². The lowest BCUT2D eigenvalue weighted by Gasteiger charge is -2.20. The summed E-state index contributed by atoms with van der Waals surface area (Å²) in [5.41, 5.74) is 0. The normalized spacial score (nSPS) is 12.7. The van der Waals surface area contributed by atoms with Gasteiger partial charge in [0.15, 0.2) is 0 Å². The van der Waals surface area contributed by atoms with E-state index in [-0.39, 0.29) is 18.5 Å². The topological polar surface area (TPSA) is 95.9 Å². The van der Waals surface area contributed by atoms with E-state index >= 15 is 0 Å². The monoisotopic (exact) mass is 958 g/mol. The average Bonchev–Trinajstić information content (AvgIpc) is 3.34. The van der Waals surface area contributed by atoms with Crippen LogP contribution in [0.5, 0.6) is 0 Å². The first-order valence-corrected chi connectivity index (χ1v) is 30.6. The molecule has 0 aromatic rings. The number of ether oxygens (including phenoxy) is 1. The van der Waals surface area contributed by atoms with Crippen LogP contribution in [0.2, 0.25) is 0 Å². The van der Waals surface area contributed by atoms with Gasteiger partial charge in [0.1, 0.15) is 0 Å². The molecular weight excluding hydrogens is 839 g/mol. The minimum absolute atomic E-state index is 0.00908. The molecule has 3 N–H and O–H groups in total. The number of amides is 1. The number of aliphatic hydroxyl groups is 2. The number of nitrogens with one attached hydrogen (secondary N) is 1. The van der Waals surface area contributed by atoms with Gasteiger partial charge in [0.25, 0.3) is 0 Å². The van der Waals surface area contributed by atoms with Crippen LogP contribution in [0.4, 0.5) is 0 Å². The zero-order valence-electron chi connectivity index (χ0n) is 45.9. The predicted octanol–water partition coefficient (Wildman–Crippen LogP) is 19.0. The van der Waals surface area contributed by atoms with Gasteiger partial charge in [-0.2, -0.15) is 0 Å². The smallest absolute Gasteiger partial charge is 0.305 e. The highest BCUT2D eigenvalue weighted by atomic mass is 16.5. The van der Waals surface area contributed by atoms with E-state index in [9.17, 15) is 19.8 Å². The van der Waals surface area contributed by atoms with Crippen molar-refractivity contribution < 1.29 is 24.5 Å². The Hall–Kier alpha value is -1.66. The van der Waals surface area contributed by atoms with E-state index in [0.29, 0.717) is 19.4 Å². The molecule has 0 bridgehead atoms. The lowest BCUT2D eigenvalue weighted by atomic mass is 10.0. The van der Waals surface area contributed by atoms with Crippen LogP contribution in [0.1, 0.15) is 335 Å². The molecule has 6 nitrogen and oxygen atoms in total. The second-order valence-electron chi connectivity index (χ2n) is 21.0. The Balaban J connectivity index is 3.50. The second kappa shape index (κ2) is 57.9. The van der Waals surface area contributed by atoms with Gasteiger partial charge in [0.2, 0.25) is 5.91 Å². The van der Waals surface area contributed by atoms with E-state index in [0.717, 1.165) is 70.6 Å². The first kappa shape index (κ1) is 66.3. The van der Waals surface area contributed by atoms with Crippen molar-refractivity contribution in [2.75, 3.05) is 13.2 Å². The Morgan fingerprint density at radius 2 is 0.691 bits per heavy atom. The van der Waals surface area contributed by atoms with E-state index in [1.165, 1.54) is 238 Å². The van der Waals surface area contributed by atoms with Crippen LogP contribution in [0.25, 0.3) is 0 Å². The Bertz CT molecular complexity index is 1060. The zero-order chi connectivity index (χ0) is 49.3. The van der Waals surface area contributed by atoms with Crippen molar-refractivity contribution in [3.63, 3.8) is 0 Å². The van der Waals surface area contributed by atoms with Crippen molar-refractivity contribution in [3.05, 3.63) is 24.3 Å². The van der Waals surface area contributed by atoms with Crippen LogP contribution in [-0.2, 0) is 14.3 Å². The fourth-order valence-electron chi connectivity index (χ4n) is 9.51. The lowest BCUT2D eigenvalue weighted by molar-refractivity contribution is -0.143. The largest absolute Gasteiger partial charge is 0.466 e. The van der Waals surface area contributed by atoms with Crippen LogP contribution in [0, 0.1) is 0 Å². The number of carbonyl (C=O) groups excluding carboxylic acids is 2. The maximum atomic E-state index is 12.5. The molecule has 68 heavy (non-hydrogen) atoms. The molecule has 0 aliphatic carbocycles. The summed E-state index contributed by atoms with van der Waals surface area (Å²) in [6.45, 7) is 4.89. The number of hydrogen-bond donors (Lipinski definition) is 3. The maximum absolute atomic E-state index is 12.5. The summed E-state index contributed by atoms with van der Waals surface area (Å²) >= 11 is 0. The Morgan fingerprint density at radius 1 is 0.397 bits per heavy atom. The molecule has 1 amide bonds. The van der Waals surface area contributed by atoms with Gasteiger partial charge in [-0.3, -0.25) is 9.59 Å². The Morgan fingerprint density at radius 3 is 1.04 bits per heavy atom. The minimum atomic E-state index is -0.855. The first-order chi connectivity index (χ1) is 33.5. The Labute approximate surface area is 424 Å². The molecule has 0 fully saturated rings. The summed E-state index contributed by atoms with van der Waals surface area (Å²) < 4.78 is 5.46. The van der Waals surface area contributed by atoms with E-state index in [4.69, 9.17) is 4.74 Å². The number of unbranched alkanes of at least 4 members (excludes halogenated alkanes) is 44. The van der Waals surface area contributed by atoms with E-state index in [2.05, 4.69) is 31.3 Å². The lowest BCUT2D eigenvalue weighted by Crippen LogP contribution is -2.45. The van der Waals surface area contributed by atoms with Crippen LogP contribution >= 0.6 is 0 Å². The van der Waals surface area contributed by atoms with Gasteiger partial charge < -0.3 is 20.3 Å². The quantitative estimate of drug-likeness (QED) is 0.0321. The molecule has 0 radical (unpaired) electrons. The fraction of sp³-hybridized carbons (Fsp3) is 0.903. The van der Waals surface area contributed by atoms with Gasteiger partial charge in [-0.1, -0.05) is 289 Å². The molecule has 2 atom stereocenters. The highest BCUT2D eigenvalue weighted by molar-refractivity contribution is 5.76. The molecule has 0 saturated carbocycles. The molecular formula is C62H119NO5. The van der Waals surface area contributed by atoms with Crippen LogP contribution in [-0.4, -0.2) is 47.4 Å². The number of esters is 1. The van der Waals surface area contributed by atoms with Gasteiger partial charge in [0, 0.05) is 12.8 Å². The van der Waals surface area contributed by atoms with Crippen molar-refractivity contribution >= 4 is 11.9 Å². The van der Waals surface area contributed by atoms with Crippen molar-refractivity contribution in [3.8, 4) is 0 Å². The molecule has 0 aromatic heterocycles. The predicted molar refractivity (Wildman–Crippen MR) is 296 cm³/mol. The molecule has 402 valence electrons. The van der Waals surface area contributed by atoms with Gasteiger partial charge in [-0.05, 0) is 57.8 Å². The summed E-state index contributed by atoms with van der Waals surface area (Å²) in [5, 5.41) is 23.2. The van der Waals surface area contributed by atoms with E-state index in [1.807, 2.05) is 6.08 Å². The highest BCUT2D eigenvalue weighted by Crippen LogP contribution is 2.17. The summed E-state index contributed by atoms with van der Waals surface area (Å²) in [4.78, 5) is 24.5. The number of hydrogen-bond acceptors (Lipinski definition) is 5. The van der Waals surface area contributed by atoms with Crippen LogP contribution in [0.3, 0.4) is 0 Å². The standard InChI is InChI=1S/C62H119NO5/c1-3-5-7-9-11-13-15-17-18-19-20-21-22-23-24-25-27-31-34-38-42-46-50-54-60(65)59(58-64)63-61(66)55-51-47-43-39-35-32-28-26-29-33-37-41-45-49-53-57-68-62(67)56-52-48-44-40-36-30-16-14-12-10-8-6-4-2/h29,33,50,54,59-60,64-65H,3-28,30-32,34-49,51-53,55-58H2,1-2H3,(H,63,66)/b33-29-,54-50+. The molecule has 0 aromatic carbocycles. The number of allylic oxidation sites excluding steroid dienone is 3. The summed E-state index contributed by atoms with van der Waals surface area (Å²) in [6.07, 6.45) is 70.7. The number of carbonyl (C=O) groups is 2. The fourth-order valence-corrected chi connectivity index (χ4v) is 9.51. The third kappa shape index (κ3) is 53.7. The molecule has 2 unspecified atom stereocenters. The molecule has 0 rings (SSSR count). The average molecular weight is 959 g/mol. The number of aliphatic hydroxyl groups excluding tert-OH is 2. The molecule has 0 spiro atoms. The summed E-state index contributed by atoms with van der Waals surface area (Å²) in [6, 6.07) is -0.640.